The average Bonchev–Trinajstić information content (AvgIpc) is 2.65. The maximum Gasteiger partial charge on any atom is 0.516 e. The van der Waals surface area contributed by atoms with Crippen molar-refractivity contribution in [1.29, 1.82) is 0 Å². The lowest BCUT2D eigenvalue weighted by molar-refractivity contribution is -0.129. The Balaban J connectivity index is 2.74. The summed E-state index contributed by atoms with van der Waals surface area (Å²) in [5, 5.41) is 0. The van der Waals surface area contributed by atoms with Crippen LogP contribution in [-0.2, 0) is 30.8 Å². The number of hydrogen-bond donors (Lipinski definition) is 1. The number of sulfonamides is 1. The quantitative estimate of drug-likeness (QED) is 0.253. The SMILES string of the molecule is C=CC(=O)Oc1ccc(CCCCC(=O)NS(=O)(=O)C(F)(F)F)c(OC(=O)C=C)c1. The predicted molar refractivity (Wildman–Crippen MR) is 98.8 cm³/mol. The molecule has 0 aliphatic heterocycles. The fraction of sp³-hybridized carbons (Fsp3) is 0.278. The van der Waals surface area contributed by atoms with E-state index in [0.29, 0.717) is 5.56 Å². The summed E-state index contributed by atoms with van der Waals surface area (Å²) >= 11 is 0. The van der Waals surface area contributed by atoms with Crippen LogP contribution in [-0.4, -0.2) is 31.8 Å². The molecule has 0 atom stereocenters. The fourth-order valence-corrected chi connectivity index (χ4v) is 2.59. The van der Waals surface area contributed by atoms with Gasteiger partial charge in [0, 0.05) is 24.6 Å². The Labute approximate surface area is 170 Å². The first-order chi connectivity index (χ1) is 13.9. The first-order valence-electron chi connectivity index (χ1n) is 8.33. The number of amides is 1. The van der Waals surface area contributed by atoms with Gasteiger partial charge in [0.1, 0.15) is 11.5 Å². The third kappa shape index (κ3) is 7.70. The van der Waals surface area contributed by atoms with Gasteiger partial charge in [-0.05, 0) is 30.9 Å². The Hall–Kier alpha value is -3.15. The van der Waals surface area contributed by atoms with Gasteiger partial charge in [-0.15, -0.1) is 0 Å². The van der Waals surface area contributed by atoms with Crippen molar-refractivity contribution in [3.05, 3.63) is 49.1 Å². The van der Waals surface area contributed by atoms with E-state index in [0.717, 1.165) is 16.9 Å². The van der Waals surface area contributed by atoms with Crippen molar-refractivity contribution in [3.63, 3.8) is 0 Å². The number of benzene rings is 1. The first kappa shape index (κ1) is 24.9. The monoisotopic (exact) mass is 449 g/mol. The Kier molecular flexibility index (Phi) is 8.77. The summed E-state index contributed by atoms with van der Waals surface area (Å²) in [5.41, 5.74) is -5.10. The van der Waals surface area contributed by atoms with E-state index < -0.39 is 39.8 Å². The third-order valence-corrected chi connectivity index (χ3v) is 4.56. The van der Waals surface area contributed by atoms with Gasteiger partial charge < -0.3 is 9.47 Å². The lowest BCUT2D eigenvalue weighted by Crippen LogP contribution is -2.40. The van der Waals surface area contributed by atoms with Gasteiger partial charge >= 0.3 is 27.5 Å². The number of hydrogen-bond acceptors (Lipinski definition) is 7. The number of rotatable bonds is 10. The van der Waals surface area contributed by atoms with E-state index in [2.05, 4.69) is 13.2 Å². The molecule has 164 valence electrons. The van der Waals surface area contributed by atoms with E-state index in [4.69, 9.17) is 9.47 Å². The summed E-state index contributed by atoms with van der Waals surface area (Å²) in [6.45, 7) is 6.52. The van der Waals surface area contributed by atoms with Crippen molar-refractivity contribution >= 4 is 27.9 Å². The number of nitrogens with one attached hydrogen (secondary N) is 1. The lowest BCUT2D eigenvalue weighted by atomic mass is 10.1. The van der Waals surface area contributed by atoms with E-state index in [1.54, 1.807) is 0 Å². The molecule has 0 spiro atoms. The summed E-state index contributed by atoms with van der Waals surface area (Å²) in [7, 11) is -5.74. The van der Waals surface area contributed by atoms with E-state index in [9.17, 15) is 36.0 Å². The topological polar surface area (TPSA) is 116 Å². The number of alkyl halides is 3. The zero-order valence-corrected chi connectivity index (χ0v) is 16.3. The largest absolute Gasteiger partial charge is 0.516 e. The molecule has 0 aromatic heterocycles. The molecule has 1 N–H and O–H groups in total. The van der Waals surface area contributed by atoms with Crippen molar-refractivity contribution in [1.82, 2.24) is 4.72 Å². The molecule has 0 unspecified atom stereocenters. The lowest BCUT2D eigenvalue weighted by Gasteiger charge is -2.11. The first-order valence-corrected chi connectivity index (χ1v) is 9.81. The fourth-order valence-electron chi connectivity index (χ4n) is 2.07. The molecule has 0 radical (unpaired) electrons. The molecule has 30 heavy (non-hydrogen) atoms. The minimum absolute atomic E-state index is 0.0540. The summed E-state index contributed by atoms with van der Waals surface area (Å²) in [5.74, 6) is -2.67. The summed E-state index contributed by atoms with van der Waals surface area (Å²) < 4.78 is 69.4. The molecule has 1 aromatic rings. The molecule has 1 amide bonds. The molecule has 0 aliphatic rings. The number of unbranched alkanes of at least 4 members (excludes halogenated alkanes) is 1. The van der Waals surface area contributed by atoms with Crippen LogP contribution in [0.4, 0.5) is 13.2 Å². The number of carbonyl (C=O) groups is 3. The number of ether oxygens (including phenoxy) is 2. The van der Waals surface area contributed by atoms with E-state index in [1.807, 2.05) is 0 Å². The van der Waals surface area contributed by atoms with E-state index in [1.165, 1.54) is 18.2 Å². The van der Waals surface area contributed by atoms with Crippen LogP contribution >= 0.6 is 0 Å². The minimum atomic E-state index is -5.74. The zero-order chi connectivity index (χ0) is 22.9. The molecule has 0 fully saturated rings. The highest BCUT2D eigenvalue weighted by Gasteiger charge is 2.46. The molecule has 1 rings (SSSR count). The van der Waals surface area contributed by atoms with Crippen LogP contribution in [0.1, 0.15) is 24.8 Å². The summed E-state index contributed by atoms with van der Waals surface area (Å²) in [6, 6.07) is 4.19. The van der Waals surface area contributed by atoms with Gasteiger partial charge in [-0.3, -0.25) is 4.79 Å². The maximum absolute atomic E-state index is 12.2. The zero-order valence-electron chi connectivity index (χ0n) is 15.5. The summed E-state index contributed by atoms with van der Waals surface area (Å²) in [6.07, 6.45) is 1.93. The van der Waals surface area contributed by atoms with Crippen molar-refractivity contribution in [2.45, 2.75) is 31.2 Å². The Bertz CT molecular complexity index is 940. The molecule has 0 bridgehead atoms. The number of esters is 2. The smallest absolute Gasteiger partial charge is 0.423 e. The van der Waals surface area contributed by atoms with Gasteiger partial charge in [-0.2, -0.15) is 21.6 Å². The molecule has 0 heterocycles. The highest BCUT2D eigenvalue weighted by molar-refractivity contribution is 7.90. The normalized spacial score (nSPS) is 11.3. The van der Waals surface area contributed by atoms with Crippen LogP contribution in [0, 0.1) is 0 Å². The van der Waals surface area contributed by atoms with Crippen LogP contribution in [0.5, 0.6) is 11.5 Å². The number of carbonyl (C=O) groups excluding carboxylic acids is 3. The highest BCUT2D eigenvalue weighted by atomic mass is 32.2. The number of halogens is 3. The molecule has 8 nitrogen and oxygen atoms in total. The van der Waals surface area contributed by atoms with Gasteiger partial charge in [-0.1, -0.05) is 19.2 Å². The minimum Gasteiger partial charge on any atom is -0.423 e. The molecular formula is C18H18F3NO7S. The third-order valence-electron chi connectivity index (χ3n) is 3.45. The van der Waals surface area contributed by atoms with Crippen molar-refractivity contribution in [2.75, 3.05) is 0 Å². The molecule has 0 saturated carbocycles. The van der Waals surface area contributed by atoms with Gasteiger partial charge in [0.2, 0.25) is 5.91 Å². The average molecular weight is 449 g/mol. The van der Waals surface area contributed by atoms with Crippen LogP contribution in [0.3, 0.4) is 0 Å². The second kappa shape index (κ2) is 10.6. The molecule has 0 aliphatic carbocycles. The molecule has 0 saturated heterocycles. The van der Waals surface area contributed by atoms with Gasteiger partial charge in [0.15, 0.2) is 0 Å². The molecular weight excluding hydrogens is 431 g/mol. The second-order valence-corrected chi connectivity index (χ2v) is 7.38. The second-order valence-electron chi connectivity index (χ2n) is 5.70. The summed E-state index contributed by atoms with van der Waals surface area (Å²) in [4.78, 5) is 34.2. The molecule has 1 aromatic carbocycles. The van der Waals surface area contributed by atoms with Crippen LogP contribution in [0.2, 0.25) is 0 Å². The Morgan fingerprint density at radius 3 is 2.20 bits per heavy atom. The Morgan fingerprint density at radius 1 is 1.03 bits per heavy atom. The van der Waals surface area contributed by atoms with Crippen molar-refractivity contribution < 1.29 is 45.4 Å². The predicted octanol–water partition coefficient (Wildman–Crippen LogP) is 2.55. The highest BCUT2D eigenvalue weighted by Crippen LogP contribution is 2.27. The molecule has 12 heteroatoms. The standard InChI is InChI=1S/C18H18F3NO7S/c1-3-16(24)28-13-10-9-12(14(11-13)29-17(25)4-2)7-5-6-8-15(23)22-30(26,27)18(19,20)21/h3-4,9-11H,1-2,5-8H2,(H,22,23). The van der Waals surface area contributed by atoms with E-state index >= 15 is 0 Å². The van der Waals surface area contributed by atoms with Crippen LogP contribution in [0.15, 0.2) is 43.5 Å². The van der Waals surface area contributed by atoms with Crippen molar-refractivity contribution in [3.8, 4) is 11.5 Å². The van der Waals surface area contributed by atoms with Crippen LogP contribution < -0.4 is 14.2 Å². The maximum atomic E-state index is 12.2. The van der Waals surface area contributed by atoms with Gasteiger partial charge in [0.05, 0.1) is 0 Å². The van der Waals surface area contributed by atoms with Gasteiger partial charge in [-0.25, -0.2) is 14.3 Å². The van der Waals surface area contributed by atoms with Crippen LogP contribution in [0.25, 0.3) is 0 Å². The van der Waals surface area contributed by atoms with Gasteiger partial charge in [0.25, 0.3) is 0 Å². The Morgan fingerprint density at radius 2 is 1.63 bits per heavy atom. The number of aryl methyl sites for hydroxylation is 1. The van der Waals surface area contributed by atoms with E-state index in [-0.39, 0.29) is 30.8 Å². The van der Waals surface area contributed by atoms with Crippen molar-refractivity contribution in [2.24, 2.45) is 0 Å².